The number of rotatable bonds is 5. The van der Waals surface area contributed by atoms with Gasteiger partial charge in [0.2, 0.25) is 0 Å². The zero-order valence-electron chi connectivity index (χ0n) is 31.5. The van der Waals surface area contributed by atoms with Crippen LogP contribution in [0.3, 0.4) is 0 Å². The van der Waals surface area contributed by atoms with Crippen LogP contribution in [0, 0.1) is 39.0 Å². The minimum Gasteiger partial charge on any atom is -0.307 e. The number of nitriles is 1. The minimum absolute atomic E-state index is 0.433. The van der Waals surface area contributed by atoms with Gasteiger partial charge in [0, 0.05) is 38.2 Å². The second-order valence-corrected chi connectivity index (χ2v) is 14.8. The van der Waals surface area contributed by atoms with Crippen molar-refractivity contribution in [1.29, 1.82) is 5.26 Å². The molecule has 0 bridgehead atoms. The van der Waals surface area contributed by atoms with Crippen molar-refractivity contribution < 1.29 is 0 Å². The number of fused-ring (bicyclic) bond motifs is 6. The van der Waals surface area contributed by atoms with Crippen molar-refractivity contribution in [3.05, 3.63) is 173 Å². The number of hydrogen-bond acceptors (Lipinski definition) is 4. The van der Waals surface area contributed by atoms with E-state index in [0.717, 1.165) is 44.6 Å². The quantitative estimate of drug-likeness (QED) is 0.177. The molecule has 266 valence electrons. The SMILES string of the molecule is Cc1ccc2c(c1)c1cc(C)ccc1n2-c1cc(C#N)c(-c2nc(-c3ccccc3)nc(-c3ccccc3)n2)cc1-n1c2ccc(C)cc2c2cc(C)ccc21. The molecule has 6 heteroatoms. The van der Waals surface area contributed by atoms with E-state index in [4.69, 9.17) is 15.0 Å². The van der Waals surface area contributed by atoms with Gasteiger partial charge in [-0.3, -0.25) is 0 Å². The molecule has 0 fully saturated rings. The Morgan fingerprint density at radius 2 is 0.768 bits per heavy atom. The van der Waals surface area contributed by atoms with E-state index >= 15 is 0 Å². The van der Waals surface area contributed by atoms with Crippen molar-refractivity contribution in [3.8, 4) is 51.6 Å². The van der Waals surface area contributed by atoms with Gasteiger partial charge in [-0.05, 0) is 88.4 Å². The minimum atomic E-state index is 0.433. The molecule has 0 aliphatic heterocycles. The third-order valence-electron chi connectivity index (χ3n) is 10.8. The van der Waals surface area contributed by atoms with E-state index in [2.05, 4.69) is 122 Å². The molecule has 10 rings (SSSR count). The Bertz CT molecular complexity index is 3060. The largest absolute Gasteiger partial charge is 0.307 e. The normalized spacial score (nSPS) is 11.6. The van der Waals surface area contributed by atoms with Crippen LogP contribution in [0.1, 0.15) is 27.8 Å². The average Bonchev–Trinajstić information content (AvgIpc) is 3.71. The maximum absolute atomic E-state index is 11.1. The topological polar surface area (TPSA) is 72.3 Å². The van der Waals surface area contributed by atoms with Crippen LogP contribution in [0.25, 0.3) is 89.2 Å². The summed E-state index contributed by atoms with van der Waals surface area (Å²) in [4.78, 5) is 15.2. The van der Waals surface area contributed by atoms with Crippen LogP contribution in [0.4, 0.5) is 0 Å². The summed E-state index contributed by atoms with van der Waals surface area (Å²) in [5, 5.41) is 15.7. The molecule has 0 atom stereocenters. The van der Waals surface area contributed by atoms with Gasteiger partial charge in [0.1, 0.15) is 0 Å². The molecule has 0 aliphatic rings. The number of aryl methyl sites for hydroxylation is 4. The summed E-state index contributed by atoms with van der Waals surface area (Å²) in [6, 6.07) is 53.2. The standard InChI is InChI=1S/C50H36N6/c1-30-15-19-42-38(23-30)39-24-31(2)16-20-43(39)55(42)46-27-36(29-51)37(28-47(46)56-44-21-17-32(3)25-40(44)41-26-33(4)18-22-45(41)56)50-53-48(34-11-7-5-8-12-34)52-49(54-50)35-13-9-6-10-14-35/h5-28H,1-4H3. The van der Waals surface area contributed by atoms with Gasteiger partial charge in [0.25, 0.3) is 0 Å². The summed E-state index contributed by atoms with van der Waals surface area (Å²) >= 11 is 0. The second kappa shape index (κ2) is 12.9. The number of benzene rings is 7. The highest BCUT2D eigenvalue weighted by Crippen LogP contribution is 2.41. The van der Waals surface area contributed by atoms with Crippen LogP contribution in [-0.2, 0) is 0 Å². The summed E-state index contributed by atoms with van der Waals surface area (Å²) in [6.45, 7) is 8.55. The summed E-state index contributed by atoms with van der Waals surface area (Å²) in [6.07, 6.45) is 0. The lowest BCUT2D eigenvalue weighted by Crippen LogP contribution is -2.07. The van der Waals surface area contributed by atoms with E-state index in [-0.39, 0.29) is 0 Å². The molecule has 0 amide bonds. The molecule has 0 radical (unpaired) electrons. The molecule has 7 aromatic carbocycles. The zero-order valence-corrected chi connectivity index (χ0v) is 31.5. The van der Waals surface area contributed by atoms with E-state index in [1.807, 2.05) is 66.7 Å². The van der Waals surface area contributed by atoms with E-state index in [0.29, 0.717) is 28.6 Å². The summed E-state index contributed by atoms with van der Waals surface area (Å²) in [7, 11) is 0. The molecular weight excluding hydrogens is 685 g/mol. The van der Waals surface area contributed by atoms with Crippen LogP contribution >= 0.6 is 0 Å². The Kier molecular flexibility index (Phi) is 7.65. The van der Waals surface area contributed by atoms with Gasteiger partial charge >= 0.3 is 0 Å². The fourth-order valence-electron chi connectivity index (χ4n) is 8.16. The highest BCUT2D eigenvalue weighted by atomic mass is 15.1. The number of nitrogens with zero attached hydrogens (tertiary/aromatic N) is 6. The Labute approximate surface area is 324 Å². The second-order valence-electron chi connectivity index (χ2n) is 14.8. The lowest BCUT2D eigenvalue weighted by atomic mass is 10.0. The first kappa shape index (κ1) is 33.2. The summed E-state index contributed by atoms with van der Waals surface area (Å²) in [5.74, 6) is 1.52. The van der Waals surface area contributed by atoms with Crippen molar-refractivity contribution >= 4 is 43.6 Å². The molecule has 10 aromatic rings. The Balaban J connectivity index is 1.36. The van der Waals surface area contributed by atoms with Crippen molar-refractivity contribution in [2.75, 3.05) is 0 Å². The average molecular weight is 721 g/mol. The van der Waals surface area contributed by atoms with E-state index in [9.17, 15) is 5.26 Å². The molecular formula is C50H36N6. The predicted octanol–water partition coefficient (Wildman–Crippen LogP) is 12.2. The maximum Gasteiger partial charge on any atom is 0.165 e. The molecule has 3 aromatic heterocycles. The molecule has 0 N–H and O–H groups in total. The first-order chi connectivity index (χ1) is 27.3. The first-order valence-electron chi connectivity index (χ1n) is 18.8. The fraction of sp³-hybridized carbons (Fsp3) is 0.0800. The molecule has 56 heavy (non-hydrogen) atoms. The van der Waals surface area contributed by atoms with Crippen molar-refractivity contribution in [2.24, 2.45) is 0 Å². The molecule has 6 nitrogen and oxygen atoms in total. The summed E-state index contributed by atoms with van der Waals surface area (Å²) < 4.78 is 4.67. The van der Waals surface area contributed by atoms with Crippen LogP contribution in [0.5, 0.6) is 0 Å². The van der Waals surface area contributed by atoms with Gasteiger partial charge < -0.3 is 9.13 Å². The molecule has 0 spiro atoms. The Morgan fingerprint density at radius 3 is 1.14 bits per heavy atom. The predicted molar refractivity (Wildman–Crippen MR) is 228 cm³/mol. The number of hydrogen-bond donors (Lipinski definition) is 0. The monoisotopic (exact) mass is 720 g/mol. The third-order valence-corrected chi connectivity index (χ3v) is 10.8. The smallest absolute Gasteiger partial charge is 0.165 e. The first-order valence-corrected chi connectivity index (χ1v) is 18.8. The van der Waals surface area contributed by atoms with Gasteiger partial charge in [-0.15, -0.1) is 0 Å². The van der Waals surface area contributed by atoms with Gasteiger partial charge in [0.05, 0.1) is 45.1 Å². The summed E-state index contributed by atoms with van der Waals surface area (Å²) in [5.41, 5.74) is 13.7. The van der Waals surface area contributed by atoms with Crippen LogP contribution < -0.4 is 0 Å². The highest BCUT2D eigenvalue weighted by Gasteiger charge is 2.24. The Morgan fingerprint density at radius 1 is 0.411 bits per heavy atom. The van der Waals surface area contributed by atoms with E-state index < -0.39 is 0 Å². The lowest BCUT2D eigenvalue weighted by Gasteiger charge is -2.19. The fourth-order valence-corrected chi connectivity index (χ4v) is 8.16. The van der Waals surface area contributed by atoms with Crippen molar-refractivity contribution in [3.63, 3.8) is 0 Å². The van der Waals surface area contributed by atoms with E-state index in [1.165, 1.54) is 43.8 Å². The molecule has 0 unspecified atom stereocenters. The molecule has 0 saturated carbocycles. The van der Waals surface area contributed by atoms with Crippen molar-refractivity contribution in [1.82, 2.24) is 24.1 Å². The third kappa shape index (κ3) is 5.36. The lowest BCUT2D eigenvalue weighted by molar-refractivity contribution is 1.06. The van der Waals surface area contributed by atoms with Crippen LogP contribution in [0.15, 0.2) is 146 Å². The van der Waals surface area contributed by atoms with Gasteiger partial charge in [-0.1, -0.05) is 107 Å². The van der Waals surface area contributed by atoms with E-state index in [1.54, 1.807) is 0 Å². The zero-order chi connectivity index (χ0) is 38.1. The number of aromatic nitrogens is 5. The van der Waals surface area contributed by atoms with Gasteiger partial charge in [-0.25, -0.2) is 15.0 Å². The Hall–Kier alpha value is -7.36. The highest BCUT2D eigenvalue weighted by molar-refractivity contribution is 6.12. The molecule has 3 heterocycles. The van der Waals surface area contributed by atoms with Gasteiger partial charge in [0.15, 0.2) is 17.5 Å². The molecule has 0 aliphatic carbocycles. The van der Waals surface area contributed by atoms with Crippen LogP contribution in [0.2, 0.25) is 0 Å². The van der Waals surface area contributed by atoms with Crippen molar-refractivity contribution in [2.45, 2.75) is 27.7 Å². The maximum atomic E-state index is 11.1. The molecule has 0 saturated heterocycles. The van der Waals surface area contributed by atoms with Crippen LogP contribution in [-0.4, -0.2) is 24.1 Å². The van der Waals surface area contributed by atoms with Gasteiger partial charge in [-0.2, -0.15) is 5.26 Å².